The van der Waals surface area contributed by atoms with Crippen molar-refractivity contribution in [1.29, 1.82) is 0 Å². The lowest BCUT2D eigenvalue weighted by atomic mass is 10.2. The van der Waals surface area contributed by atoms with Crippen LogP contribution in [0.3, 0.4) is 0 Å². The molecule has 0 spiro atoms. The van der Waals surface area contributed by atoms with Gasteiger partial charge in [-0.2, -0.15) is 0 Å². The van der Waals surface area contributed by atoms with E-state index in [0.29, 0.717) is 0 Å². The van der Waals surface area contributed by atoms with E-state index < -0.39 is 0 Å². The minimum absolute atomic E-state index is 0.0597. The molecular formula is C6H13IO. The molecule has 1 unspecified atom stereocenters. The van der Waals surface area contributed by atoms with E-state index in [-0.39, 0.29) is 6.10 Å². The number of halogens is 1. The van der Waals surface area contributed by atoms with Crippen LogP contribution in [-0.4, -0.2) is 15.6 Å². The van der Waals surface area contributed by atoms with Crippen molar-refractivity contribution in [3.63, 3.8) is 0 Å². The van der Waals surface area contributed by atoms with Crippen molar-refractivity contribution in [3.05, 3.63) is 0 Å². The van der Waals surface area contributed by atoms with E-state index in [1.807, 2.05) is 0 Å². The summed E-state index contributed by atoms with van der Waals surface area (Å²) in [7, 11) is 0. The van der Waals surface area contributed by atoms with Crippen LogP contribution in [-0.2, 0) is 0 Å². The Morgan fingerprint density at radius 1 is 1.62 bits per heavy atom. The van der Waals surface area contributed by atoms with Crippen LogP contribution in [0.25, 0.3) is 0 Å². The van der Waals surface area contributed by atoms with E-state index in [4.69, 9.17) is 5.11 Å². The Balaban J connectivity index is 2.86. The lowest BCUT2D eigenvalue weighted by Crippen LogP contribution is -2.06. The maximum Gasteiger partial charge on any atom is 0.0629 e. The molecule has 0 aromatic heterocycles. The molecule has 0 radical (unpaired) electrons. The standard InChI is InChI=1S/C6H13IO/c1-2-3-4-6(8)5-7/h6,8H,2-5H2,1H3. The van der Waals surface area contributed by atoms with Crippen molar-refractivity contribution in [1.82, 2.24) is 0 Å². The molecule has 0 saturated heterocycles. The number of alkyl halides is 1. The molecular weight excluding hydrogens is 215 g/mol. The third-order valence-corrected chi connectivity index (χ3v) is 2.09. The minimum Gasteiger partial charge on any atom is -0.392 e. The van der Waals surface area contributed by atoms with Crippen molar-refractivity contribution < 1.29 is 5.11 Å². The van der Waals surface area contributed by atoms with Crippen molar-refractivity contribution in [2.24, 2.45) is 0 Å². The van der Waals surface area contributed by atoms with E-state index in [9.17, 15) is 0 Å². The van der Waals surface area contributed by atoms with Gasteiger partial charge in [-0.3, -0.25) is 0 Å². The number of hydrogen-bond acceptors (Lipinski definition) is 1. The Bertz CT molecular complexity index is 47.8. The average Bonchev–Trinajstić information content (AvgIpc) is 1.83. The fourth-order valence-corrected chi connectivity index (χ4v) is 0.957. The second kappa shape index (κ2) is 5.82. The third-order valence-electron chi connectivity index (χ3n) is 1.07. The monoisotopic (exact) mass is 228 g/mol. The second-order valence-corrected chi connectivity index (χ2v) is 2.83. The number of aliphatic hydroxyl groups excluding tert-OH is 1. The molecule has 0 aliphatic carbocycles. The van der Waals surface area contributed by atoms with Crippen molar-refractivity contribution in [2.75, 3.05) is 4.43 Å². The van der Waals surface area contributed by atoms with Gasteiger partial charge in [0.05, 0.1) is 6.10 Å². The van der Waals surface area contributed by atoms with Gasteiger partial charge in [0.25, 0.3) is 0 Å². The van der Waals surface area contributed by atoms with E-state index >= 15 is 0 Å². The summed E-state index contributed by atoms with van der Waals surface area (Å²) in [5.41, 5.74) is 0. The summed E-state index contributed by atoms with van der Waals surface area (Å²) in [6, 6.07) is 0. The first-order valence-corrected chi connectivity index (χ1v) is 4.57. The van der Waals surface area contributed by atoms with Crippen LogP contribution >= 0.6 is 22.6 Å². The molecule has 50 valence electrons. The normalized spacial score (nSPS) is 13.9. The molecule has 0 rings (SSSR count). The fraction of sp³-hybridized carbons (Fsp3) is 1.00. The van der Waals surface area contributed by atoms with Crippen molar-refractivity contribution >= 4 is 22.6 Å². The van der Waals surface area contributed by atoms with Crippen LogP contribution in [0.5, 0.6) is 0 Å². The first-order chi connectivity index (χ1) is 3.81. The zero-order valence-electron chi connectivity index (χ0n) is 5.23. The first-order valence-electron chi connectivity index (χ1n) is 3.05. The lowest BCUT2D eigenvalue weighted by molar-refractivity contribution is 0.189. The van der Waals surface area contributed by atoms with Gasteiger partial charge in [0.1, 0.15) is 0 Å². The smallest absolute Gasteiger partial charge is 0.0629 e. The molecule has 2 heteroatoms. The van der Waals surface area contributed by atoms with Gasteiger partial charge in [-0.25, -0.2) is 0 Å². The van der Waals surface area contributed by atoms with Gasteiger partial charge in [0, 0.05) is 4.43 Å². The molecule has 1 atom stereocenters. The van der Waals surface area contributed by atoms with Gasteiger partial charge in [-0.15, -0.1) is 0 Å². The topological polar surface area (TPSA) is 20.2 Å². The predicted octanol–water partition coefficient (Wildman–Crippen LogP) is 1.97. The van der Waals surface area contributed by atoms with Crippen LogP contribution in [0.1, 0.15) is 26.2 Å². The van der Waals surface area contributed by atoms with Gasteiger partial charge >= 0.3 is 0 Å². The molecule has 0 fully saturated rings. The Hall–Kier alpha value is 0.690. The zero-order chi connectivity index (χ0) is 6.41. The van der Waals surface area contributed by atoms with Crippen LogP contribution in [0, 0.1) is 0 Å². The maximum absolute atomic E-state index is 8.98. The summed E-state index contributed by atoms with van der Waals surface area (Å²) in [6.07, 6.45) is 3.26. The predicted molar refractivity (Wildman–Crippen MR) is 44.4 cm³/mol. The molecule has 1 nitrogen and oxygen atoms in total. The van der Waals surface area contributed by atoms with Gasteiger partial charge in [-0.1, -0.05) is 42.4 Å². The zero-order valence-corrected chi connectivity index (χ0v) is 7.39. The molecule has 1 N–H and O–H groups in total. The van der Waals surface area contributed by atoms with E-state index in [1.165, 1.54) is 6.42 Å². The highest BCUT2D eigenvalue weighted by Gasteiger charge is 1.97. The molecule has 0 saturated carbocycles. The Kier molecular flexibility index (Phi) is 6.32. The first kappa shape index (κ1) is 8.69. The van der Waals surface area contributed by atoms with E-state index in [0.717, 1.165) is 17.3 Å². The molecule has 0 heterocycles. The van der Waals surface area contributed by atoms with Crippen LogP contribution < -0.4 is 0 Å². The molecule has 0 aliphatic rings. The molecule has 0 aromatic rings. The highest BCUT2D eigenvalue weighted by molar-refractivity contribution is 14.1. The van der Waals surface area contributed by atoms with Gasteiger partial charge in [-0.05, 0) is 6.42 Å². The summed E-state index contributed by atoms with van der Waals surface area (Å²) in [5.74, 6) is 0. The number of aliphatic hydroxyl groups is 1. The second-order valence-electron chi connectivity index (χ2n) is 1.95. The number of hydrogen-bond donors (Lipinski definition) is 1. The Morgan fingerprint density at radius 2 is 2.25 bits per heavy atom. The fourth-order valence-electron chi connectivity index (χ4n) is 0.517. The molecule has 0 amide bonds. The Labute approximate surface area is 64.6 Å². The summed E-state index contributed by atoms with van der Waals surface area (Å²) in [6.45, 7) is 2.14. The largest absolute Gasteiger partial charge is 0.392 e. The summed E-state index contributed by atoms with van der Waals surface area (Å²) < 4.78 is 0.873. The van der Waals surface area contributed by atoms with E-state index in [1.54, 1.807) is 0 Å². The summed E-state index contributed by atoms with van der Waals surface area (Å²) >= 11 is 2.20. The molecule has 0 aliphatic heterocycles. The number of rotatable bonds is 4. The Morgan fingerprint density at radius 3 is 2.62 bits per heavy atom. The average molecular weight is 228 g/mol. The quantitative estimate of drug-likeness (QED) is 0.576. The molecule has 0 bridgehead atoms. The van der Waals surface area contributed by atoms with E-state index in [2.05, 4.69) is 29.5 Å². The third kappa shape index (κ3) is 4.84. The number of unbranched alkanes of at least 4 members (excludes halogenated alkanes) is 1. The van der Waals surface area contributed by atoms with Crippen molar-refractivity contribution in [3.8, 4) is 0 Å². The van der Waals surface area contributed by atoms with Gasteiger partial charge < -0.3 is 5.11 Å². The van der Waals surface area contributed by atoms with Crippen LogP contribution in [0.2, 0.25) is 0 Å². The van der Waals surface area contributed by atoms with Crippen molar-refractivity contribution in [2.45, 2.75) is 32.3 Å². The summed E-state index contributed by atoms with van der Waals surface area (Å²) in [4.78, 5) is 0. The highest BCUT2D eigenvalue weighted by atomic mass is 127. The SMILES string of the molecule is CCCCC(O)CI. The molecule has 8 heavy (non-hydrogen) atoms. The highest BCUT2D eigenvalue weighted by Crippen LogP contribution is 2.02. The van der Waals surface area contributed by atoms with Crippen LogP contribution in [0.15, 0.2) is 0 Å². The lowest BCUT2D eigenvalue weighted by Gasteiger charge is -2.02. The van der Waals surface area contributed by atoms with Gasteiger partial charge in [0.15, 0.2) is 0 Å². The maximum atomic E-state index is 8.98. The van der Waals surface area contributed by atoms with Gasteiger partial charge in [0.2, 0.25) is 0 Å². The van der Waals surface area contributed by atoms with Crippen LogP contribution in [0.4, 0.5) is 0 Å². The summed E-state index contributed by atoms with van der Waals surface area (Å²) in [5, 5.41) is 8.98. The minimum atomic E-state index is -0.0597. The molecule has 0 aromatic carbocycles.